The fraction of sp³-hybridized carbons (Fsp3) is 0.231. The van der Waals surface area contributed by atoms with Gasteiger partial charge in [-0.05, 0) is 19.1 Å². The smallest absolute Gasteiger partial charge is 0.358 e. The molecule has 0 atom stereocenters. The number of nitrogens with zero attached hydrogens (tertiary/aromatic N) is 2. The van der Waals surface area contributed by atoms with E-state index in [-0.39, 0.29) is 24.4 Å². The number of carbonyl (C=O) groups is 1. The highest BCUT2D eigenvalue weighted by Crippen LogP contribution is 2.14. The third-order valence-corrected chi connectivity index (χ3v) is 2.52. The van der Waals surface area contributed by atoms with Crippen LogP contribution in [-0.4, -0.2) is 22.1 Å². The molecule has 19 heavy (non-hydrogen) atoms. The number of benzene rings is 1. The minimum absolute atomic E-state index is 0.0368. The van der Waals surface area contributed by atoms with Crippen molar-refractivity contribution in [2.24, 2.45) is 0 Å². The number of halogens is 2. The molecule has 0 unspecified atom stereocenters. The molecule has 0 saturated carbocycles. The van der Waals surface area contributed by atoms with Crippen molar-refractivity contribution < 1.29 is 18.3 Å². The third kappa shape index (κ3) is 2.96. The maximum Gasteiger partial charge on any atom is 0.358 e. The summed E-state index contributed by atoms with van der Waals surface area (Å²) in [6.45, 7) is 1.89. The molecule has 0 N–H and O–H groups in total. The maximum absolute atomic E-state index is 13.5. The Labute approximate surface area is 108 Å². The summed E-state index contributed by atoms with van der Waals surface area (Å²) in [6, 6.07) is 3.66. The Morgan fingerprint density at radius 2 is 2.05 bits per heavy atom. The number of carbonyl (C=O) groups excluding carboxylic acids is 1. The fourth-order valence-corrected chi connectivity index (χ4v) is 1.62. The van der Waals surface area contributed by atoms with Gasteiger partial charge in [-0.25, -0.2) is 18.6 Å². The first-order valence-electron chi connectivity index (χ1n) is 5.73. The normalized spacial score (nSPS) is 10.5. The summed E-state index contributed by atoms with van der Waals surface area (Å²) in [7, 11) is 0. The molecule has 1 aromatic heterocycles. The molecule has 6 heteroatoms. The molecule has 1 heterocycles. The Bertz CT molecular complexity index is 576. The predicted molar refractivity (Wildman–Crippen MR) is 63.6 cm³/mol. The van der Waals surface area contributed by atoms with Gasteiger partial charge < -0.3 is 9.30 Å². The summed E-state index contributed by atoms with van der Waals surface area (Å²) in [6.07, 6.45) is 2.72. The van der Waals surface area contributed by atoms with Gasteiger partial charge in [-0.1, -0.05) is 6.07 Å². The number of hydrogen-bond donors (Lipinski definition) is 0. The number of hydrogen-bond acceptors (Lipinski definition) is 3. The number of aromatic nitrogens is 2. The van der Waals surface area contributed by atoms with Gasteiger partial charge in [0.15, 0.2) is 5.69 Å². The zero-order valence-corrected chi connectivity index (χ0v) is 10.3. The van der Waals surface area contributed by atoms with Gasteiger partial charge in [0, 0.05) is 11.8 Å². The third-order valence-electron chi connectivity index (χ3n) is 2.52. The number of rotatable bonds is 4. The molecule has 0 saturated heterocycles. The van der Waals surface area contributed by atoms with Crippen LogP contribution in [0.1, 0.15) is 23.0 Å². The Hall–Kier alpha value is -2.24. The quantitative estimate of drug-likeness (QED) is 0.798. The highest BCUT2D eigenvalue weighted by atomic mass is 19.1. The molecule has 0 bridgehead atoms. The zero-order valence-electron chi connectivity index (χ0n) is 10.3. The Morgan fingerprint density at radius 3 is 2.68 bits per heavy atom. The second kappa shape index (κ2) is 5.60. The molecular formula is C13H12F2N2O2. The van der Waals surface area contributed by atoms with Gasteiger partial charge in [-0.3, -0.25) is 0 Å². The molecule has 4 nitrogen and oxygen atoms in total. The molecule has 2 aromatic rings. The Morgan fingerprint density at radius 1 is 1.37 bits per heavy atom. The van der Waals surface area contributed by atoms with Gasteiger partial charge in [0.2, 0.25) is 0 Å². The largest absolute Gasteiger partial charge is 0.461 e. The van der Waals surface area contributed by atoms with E-state index >= 15 is 0 Å². The van der Waals surface area contributed by atoms with E-state index in [1.165, 1.54) is 35.3 Å². The topological polar surface area (TPSA) is 44.1 Å². The lowest BCUT2D eigenvalue weighted by Crippen LogP contribution is -2.05. The van der Waals surface area contributed by atoms with E-state index in [1.54, 1.807) is 6.92 Å². The minimum Gasteiger partial charge on any atom is -0.461 e. The van der Waals surface area contributed by atoms with Crippen LogP contribution in [0.25, 0.3) is 0 Å². The van der Waals surface area contributed by atoms with E-state index in [0.717, 1.165) is 0 Å². The van der Waals surface area contributed by atoms with Gasteiger partial charge in [-0.15, -0.1) is 0 Å². The van der Waals surface area contributed by atoms with Crippen LogP contribution in [0.3, 0.4) is 0 Å². The second-order valence-electron chi connectivity index (χ2n) is 3.85. The fourth-order valence-electron chi connectivity index (χ4n) is 1.62. The molecule has 0 aliphatic carbocycles. The minimum atomic E-state index is -0.633. The number of ether oxygens (including phenoxy) is 1. The molecule has 100 valence electrons. The summed E-state index contributed by atoms with van der Waals surface area (Å²) in [4.78, 5) is 15.2. The van der Waals surface area contributed by atoms with Gasteiger partial charge in [0.05, 0.1) is 19.5 Å². The van der Waals surface area contributed by atoms with Gasteiger partial charge in [0.25, 0.3) is 0 Å². The molecule has 1 aromatic carbocycles. The maximum atomic E-state index is 13.5. The van der Waals surface area contributed by atoms with Crippen molar-refractivity contribution in [3.05, 3.63) is 53.6 Å². The van der Waals surface area contributed by atoms with E-state index in [0.29, 0.717) is 0 Å². The molecule has 0 spiro atoms. The first-order valence-corrected chi connectivity index (χ1v) is 5.73. The molecular weight excluding hydrogens is 254 g/mol. The lowest BCUT2D eigenvalue weighted by Gasteiger charge is -2.05. The first kappa shape index (κ1) is 13.2. The van der Waals surface area contributed by atoms with Crippen molar-refractivity contribution >= 4 is 5.97 Å². The summed E-state index contributed by atoms with van der Waals surface area (Å²) >= 11 is 0. The van der Waals surface area contributed by atoms with Crippen LogP contribution in [-0.2, 0) is 11.3 Å². The predicted octanol–water partition coefficient (Wildman–Crippen LogP) is 2.39. The van der Waals surface area contributed by atoms with Crippen LogP contribution in [0.2, 0.25) is 0 Å². The van der Waals surface area contributed by atoms with E-state index in [1.807, 2.05) is 0 Å². The Kier molecular flexibility index (Phi) is 3.89. The summed E-state index contributed by atoms with van der Waals surface area (Å²) in [5, 5.41) is 0. The van der Waals surface area contributed by atoms with E-state index in [2.05, 4.69) is 4.98 Å². The van der Waals surface area contributed by atoms with Crippen molar-refractivity contribution in [2.45, 2.75) is 13.5 Å². The van der Waals surface area contributed by atoms with Crippen molar-refractivity contribution in [3.63, 3.8) is 0 Å². The number of imidazole rings is 1. The molecule has 0 fully saturated rings. The van der Waals surface area contributed by atoms with Gasteiger partial charge in [-0.2, -0.15) is 0 Å². The molecule has 0 radical (unpaired) electrons. The molecule has 0 amide bonds. The van der Waals surface area contributed by atoms with Gasteiger partial charge >= 0.3 is 5.97 Å². The molecule has 0 aliphatic rings. The lowest BCUT2D eigenvalue weighted by atomic mass is 10.2. The highest BCUT2D eigenvalue weighted by Gasteiger charge is 2.13. The van der Waals surface area contributed by atoms with Crippen molar-refractivity contribution in [1.29, 1.82) is 0 Å². The second-order valence-corrected chi connectivity index (χ2v) is 3.85. The van der Waals surface area contributed by atoms with Crippen LogP contribution in [0, 0.1) is 11.6 Å². The van der Waals surface area contributed by atoms with Crippen LogP contribution in [0.15, 0.2) is 30.7 Å². The molecule has 0 aliphatic heterocycles. The first-order chi connectivity index (χ1) is 9.11. The van der Waals surface area contributed by atoms with Crippen molar-refractivity contribution in [1.82, 2.24) is 9.55 Å². The molecule has 2 rings (SSSR count). The monoisotopic (exact) mass is 266 g/mol. The van der Waals surface area contributed by atoms with Crippen molar-refractivity contribution in [3.8, 4) is 0 Å². The SMILES string of the molecule is CCOC(=O)c1cn(Cc2c(F)cccc2F)cn1. The van der Waals surface area contributed by atoms with E-state index < -0.39 is 17.6 Å². The average molecular weight is 266 g/mol. The van der Waals surface area contributed by atoms with E-state index in [4.69, 9.17) is 4.74 Å². The average Bonchev–Trinajstić information content (AvgIpc) is 2.83. The summed E-state index contributed by atoms with van der Waals surface area (Å²) in [5.41, 5.74) is 0.0360. The summed E-state index contributed by atoms with van der Waals surface area (Å²) in [5.74, 6) is -1.83. The Balaban J connectivity index is 2.18. The lowest BCUT2D eigenvalue weighted by molar-refractivity contribution is 0.0520. The van der Waals surface area contributed by atoms with Crippen LogP contribution < -0.4 is 0 Å². The van der Waals surface area contributed by atoms with Crippen LogP contribution >= 0.6 is 0 Å². The standard InChI is InChI=1S/C13H12F2N2O2/c1-2-19-13(18)12-7-17(8-16-12)6-9-10(14)4-3-5-11(9)15/h3-5,7-8H,2,6H2,1H3. The van der Waals surface area contributed by atoms with Gasteiger partial charge in [0.1, 0.15) is 11.6 Å². The highest BCUT2D eigenvalue weighted by molar-refractivity contribution is 5.86. The van der Waals surface area contributed by atoms with E-state index in [9.17, 15) is 13.6 Å². The van der Waals surface area contributed by atoms with Crippen LogP contribution in [0.4, 0.5) is 8.78 Å². The van der Waals surface area contributed by atoms with Crippen LogP contribution in [0.5, 0.6) is 0 Å². The summed E-state index contributed by atoms with van der Waals surface area (Å²) < 4.78 is 33.1. The number of esters is 1. The zero-order chi connectivity index (χ0) is 13.8. The van der Waals surface area contributed by atoms with Crippen molar-refractivity contribution in [2.75, 3.05) is 6.61 Å².